The van der Waals surface area contributed by atoms with Crippen LogP contribution in [0.5, 0.6) is 0 Å². The summed E-state index contributed by atoms with van der Waals surface area (Å²) in [5.41, 5.74) is 0.589. The molecule has 1 atom stereocenters. The van der Waals surface area contributed by atoms with E-state index in [0.29, 0.717) is 5.67 Å². The third-order valence-electron chi connectivity index (χ3n) is 4.52. The molecule has 0 amide bonds. The van der Waals surface area contributed by atoms with Crippen molar-refractivity contribution in [2.24, 2.45) is 0 Å². The molecule has 1 heterocycles. The zero-order valence-electron chi connectivity index (χ0n) is 10.9. The maximum Gasteiger partial charge on any atom is 0.352 e. The van der Waals surface area contributed by atoms with Gasteiger partial charge in [-0.05, 0) is 32.4 Å². The molecule has 3 nitrogen and oxygen atoms in total. The van der Waals surface area contributed by atoms with Gasteiger partial charge in [-0.2, -0.15) is 0 Å². The van der Waals surface area contributed by atoms with E-state index in [1.807, 2.05) is 14.2 Å². The average Bonchev–Trinajstić information content (AvgIpc) is 2.29. The number of hydrogen-bond acceptors (Lipinski definition) is 3. The van der Waals surface area contributed by atoms with Gasteiger partial charge in [-0.1, -0.05) is 19.3 Å². The summed E-state index contributed by atoms with van der Waals surface area (Å²) in [6.07, 6.45) is 8.28. The molecule has 0 N–H and O–H groups in total. The van der Waals surface area contributed by atoms with E-state index in [2.05, 4.69) is 11.4 Å². The molecule has 4 heteroatoms. The quantitative estimate of drug-likeness (QED) is 0.707. The van der Waals surface area contributed by atoms with Gasteiger partial charge in [0, 0.05) is 20.3 Å². The third-order valence-corrected chi connectivity index (χ3v) is 7.97. The minimum atomic E-state index is -1.94. The van der Waals surface area contributed by atoms with Gasteiger partial charge >= 0.3 is 8.56 Å². The first-order valence-corrected chi connectivity index (χ1v) is 8.96. The number of hydrogen-bond donors (Lipinski definition) is 0. The van der Waals surface area contributed by atoms with E-state index in [0.717, 1.165) is 6.04 Å². The Labute approximate surface area is 100 Å². The van der Waals surface area contributed by atoms with Crippen LogP contribution in [0.3, 0.4) is 0 Å². The molecule has 1 saturated carbocycles. The summed E-state index contributed by atoms with van der Waals surface area (Å²) in [4.78, 5) is 2.67. The van der Waals surface area contributed by atoms with Gasteiger partial charge in [0.15, 0.2) is 0 Å². The standard InChI is InChI=1S/C12H25NO2Si/c1-14-16(3,15-2)12-9-10-13(12)11-7-5-4-6-8-11/h11-12H,4-10H2,1-3H3. The van der Waals surface area contributed by atoms with Crippen LogP contribution in [0.25, 0.3) is 0 Å². The van der Waals surface area contributed by atoms with Gasteiger partial charge in [0.05, 0.1) is 5.67 Å². The Morgan fingerprint density at radius 2 is 1.62 bits per heavy atom. The van der Waals surface area contributed by atoms with Gasteiger partial charge in [0.2, 0.25) is 0 Å². The van der Waals surface area contributed by atoms with Gasteiger partial charge in [-0.3, -0.25) is 4.90 Å². The van der Waals surface area contributed by atoms with E-state index in [1.54, 1.807) is 0 Å². The molecular weight excluding hydrogens is 218 g/mol. The van der Waals surface area contributed by atoms with Crippen molar-refractivity contribution in [1.29, 1.82) is 0 Å². The molecular formula is C12H25NO2Si. The first-order chi connectivity index (χ1) is 7.71. The second-order valence-corrected chi connectivity index (χ2v) is 8.77. The summed E-state index contributed by atoms with van der Waals surface area (Å²) in [7, 11) is 1.69. The summed E-state index contributed by atoms with van der Waals surface area (Å²) in [5.74, 6) is 0. The first kappa shape index (κ1) is 12.6. The first-order valence-electron chi connectivity index (χ1n) is 6.57. The Morgan fingerprint density at radius 3 is 2.06 bits per heavy atom. The predicted octanol–water partition coefficient (Wildman–Crippen LogP) is 2.30. The molecule has 2 rings (SSSR count). The minimum absolute atomic E-state index is 0.589. The van der Waals surface area contributed by atoms with Crippen molar-refractivity contribution in [2.45, 2.75) is 56.8 Å². The maximum atomic E-state index is 5.69. The van der Waals surface area contributed by atoms with Gasteiger partial charge in [-0.25, -0.2) is 0 Å². The molecule has 0 aromatic carbocycles. The Hall–Kier alpha value is 0.0969. The predicted molar refractivity (Wildman–Crippen MR) is 67.6 cm³/mol. The molecule has 0 bridgehead atoms. The lowest BCUT2D eigenvalue weighted by atomic mass is 9.92. The molecule has 0 radical (unpaired) electrons. The van der Waals surface area contributed by atoms with Crippen LogP contribution in [0.15, 0.2) is 0 Å². The Kier molecular flexibility index (Phi) is 4.05. The zero-order valence-corrected chi connectivity index (χ0v) is 11.9. The van der Waals surface area contributed by atoms with Crippen LogP contribution in [0.4, 0.5) is 0 Å². The molecule has 1 aliphatic heterocycles. The second kappa shape index (κ2) is 5.17. The van der Waals surface area contributed by atoms with Crippen molar-refractivity contribution in [3.8, 4) is 0 Å². The van der Waals surface area contributed by atoms with Gasteiger partial charge < -0.3 is 8.85 Å². The molecule has 0 aromatic heterocycles. The van der Waals surface area contributed by atoms with E-state index in [1.165, 1.54) is 45.1 Å². The van der Waals surface area contributed by atoms with Crippen LogP contribution < -0.4 is 0 Å². The van der Waals surface area contributed by atoms with E-state index in [9.17, 15) is 0 Å². The van der Waals surface area contributed by atoms with Crippen molar-refractivity contribution in [2.75, 3.05) is 20.8 Å². The van der Waals surface area contributed by atoms with Crippen LogP contribution in [-0.2, 0) is 8.85 Å². The maximum absolute atomic E-state index is 5.69. The van der Waals surface area contributed by atoms with Crippen molar-refractivity contribution in [1.82, 2.24) is 4.90 Å². The van der Waals surface area contributed by atoms with Crippen molar-refractivity contribution in [3.05, 3.63) is 0 Å². The van der Waals surface area contributed by atoms with E-state index < -0.39 is 8.56 Å². The monoisotopic (exact) mass is 243 g/mol. The zero-order chi connectivity index (χ0) is 11.6. The number of rotatable bonds is 4. The fourth-order valence-corrected chi connectivity index (χ4v) is 5.48. The number of likely N-dealkylation sites (tertiary alicyclic amines) is 1. The Balaban J connectivity index is 1.96. The highest BCUT2D eigenvalue weighted by atomic mass is 28.4. The summed E-state index contributed by atoms with van der Waals surface area (Å²) >= 11 is 0. The van der Waals surface area contributed by atoms with E-state index in [-0.39, 0.29) is 0 Å². The van der Waals surface area contributed by atoms with E-state index >= 15 is 0 Å². The highest BCUT2D eigenvalue weighted by Crippen LogP contribution is 2.34. The average molecular weight is 243 g/mol. The van der Waals surface area contributed by atoms with Gasteiger partial charge in [-0.15, -0.1) is 0 Å². The fraction of sp³-hybridized carbons (Fsp3) is 1.00. The van der Waals surface area contributed by atoms with Crippen LogP contribution in [0.2, 0.25) is 6.55 Å². The third kappa shape index (κ3) is 2.21. The molecule has 0 aromatic rings. The van der Waals surface area contributed by atoms with Crippen LogP contribution in [0.1, 0.15) is 38.5 Å². The van der Waals surface area contributed by atoms with Crippen LogP contribution in [0, 0.1) is 0 Å². The molecule has 0 spiro atoms. The molecule has 94 valence electrons. The molecule has 1 saturated heterocycles. The fourth-order valence-electron chi connectivity index (χ4n) is 3.18. The lowest BCUT2D eigenvalue weighted by Gasteiger charge is -2.52. The molecule has 1 aliphatic carbocycles. The lowest BCUT2D eigenvalue weighted by Crippen LogP contribution is -2.67. The van der Waals surface area contributed by atoms with Gasteiger partial charge in [0.1, 0.15) is 0 Å². The Morgan fingerprint density at radius 1 is 1.00 bits per heavy atom. The van der Waals surface area contributed by atoms with Crippen molar-refractivity contribution >= 4 is 8.56 Å². The smallest absolute Gasteiger partial charge is 0.352 e. The largest absolute Gasteiger partial charge is 0.397 e. The number of nitrogens with zero attached hydrogens (tertiary/aromatic N) is 1. The van der Waals surface area contributed by atoms with Crippen LogP contribution >= 0.6 is 0 Å². The molecule has 2 fully saturated rings. The SMILES string of the molecule is CO[Si](C)(OC)C1CCN1C1CCCCC1. The molecule has 16 heavy (non-hydrogen) atoms. The second-order valence-electron chi connectivity index (χ2n) is 5.26. The normalized spacial score (nSPS) is 29.1. The molecule has 2 aliphatic rings. The van der Waals surface area contributed by atoms with Gasteiger partial charge in [0.25, 0.3) is 0 Å². The van der Waals surface area contributed by atoms with E-state index in [4.69, 9.17) is 8.85 Å². The highest BCUT2D eigenvalue weighted by Gasteiger charge is 2.49. The lowest BCUT2D eigenvalue weighted by molar-refractivity contribution is 0.0332. The van der Waals surface area contributed by atoms with Crippen LogP contribution in [-0.4, -0.2) is 45.9 Å². The minimum Gasteiger partial charge on any atom is -0.397 e. The summed E-state index contributed by atoms with van der Waals surface area (Å²) < 4.78 is 11.4. The highest BCUT2D eigenvalue weighted by molar-refractivity contribution is 6.67. The Bertz CT molecular complexity index is 227. The summed E-state index contributed by atoms with van der Waals surface area (Å²) in [5, 5.41) is 0. The van der Waals surface area contributed by atoms with Crippen molar-refractivity contribution < 1.29 is 8.85 Å². The summed E-state index contributed by atoms with van der Waals surface area (Å²) in [6.45, 7) is 3.46. The topological polar surface area (TPSA) is 21.7 Å². The molecule has 1 unspecified atom stereocenters. The van der Waals surface area contributed by atoms with Crippen molar-refractivity contribution in [3.63, 3.8) is 0 Å². The summed E-state index contributed by atoms with van der Waals surface area (Å²) in [6, 6.07) is 0.810.